The van der Waals surface area contributed by atoms with Gasteiger partial charge in [0.25, 0.3) is 0 Å². The van der Waals surface area contributed by atoms with Crippen LogP contribution < -0.4 is 14.9 Å². The van der Waals surface area contributed by atoms with Crippen molar-refractivity contribution in [1.29, 1.82) is 0 Å². The lowest BCUT2D eigenvalue weighted by Crippen LogP contribution is -2.31. The standard InChI is InChI=1S/C28H25F3N8OS.2C2H6/c1-16-17(29)4-2-6-23(16)41-37-20-8-7-18(30)26(25(20)31)35-28-27-21(32-15-33-28)9-10-24(34-27)39-14-22-19(36-39)5-3-11-38(22)12-13-40;2*1-2/h2,4,6-10,14-15,37,40H,3,5,11-13H2,1H3,(H,32,33,35);2*1-2H3. The highest BCUT2D eigenvalue weighted by molar-refractivity contribution is 8.00. The molecule has 0 bridgehead atoms. The molecule has 45 heavy (non-hydrogen) atoms. The number of nitrogens with one attached hydrogen (secondary N) is 2. The van der Waals surface area contributed by atoms with Crippen molar-refractivity contribution in [2.75, 3.05) is 34.6 Å². The second-order valence-electron chi connectivity index (χ2n) is 9.46. The van der Waals surface area contributed by atoms with Gasteiger partial charge >= 0.3 is 0 Å². The van der Waals surface area contributed by atoms with Crippen molar-refractivity contribution < 1.29 is 18.3 Å². The quantitative estimate of drug-likeness (QED) is 0.148. The number of hydrogen-bond acceptors (Lipinski definition) is 9. The minimum atomic E-state index is -0.877. The molecule has 5 aromatic rings. The number of β-amino-alcohol motifs (C(OH)–C–C–N with tert-alkyl or cyclic N) is 1. The molecule has 2 aromatic carbocycles. The SMILES string of the molecule is CC.CC.Cc1c(F)cccc1SNc1ccc(F)c(Nc2ncnc3ccc(-n4cc5c(n4)CCCN5CCO)nc23)c1F. The predicted molar refractivity (Wildman–Crippen MR) is 175 cm³/mol. The Morgan fingerprint density at radius 2 is 1.78 bits per heavy atom. The molecule has 0 atom stereocenters. The highest BCUT2D eigenvalue weighted by Crippen LogP contribution is 2.34. The van der Waals surface area contributed by atoms with E-state index in [4.69, 9.17) is 0 Å². The molecule has 0 saturated carbocycles. The first kappa shape index (κ1) is 33.5. The number of benzene rings is 2. The number of aromatic nitrogens is 5. The molecular weight excluding hydrogens is 601 g/mol. The van der Waals surface area contributed by atoms with Crippen LogP contribution in [0.25, 0.3) is 16.9 Å². The van der Waals surface area contributed by atoms with Crippen LogP contribution in [-0.4, -0.2) is 49.5 Å². The second-order valence-corrected chi connectivity index (χ2v) is 10.3. The van der Waals surface area contributed by atoms with Gasteiger partial charge in [0.1, 0.15) is 29.2 Å². The van der Waals surface area contributed by atoms with E-state index < -0.39 is 17.3 Å². The molecule has 238 valence electrons. The lowest BCUT2D eigenvalue weighted by Gasteiger charge is -2.26. The molecule has 1 aliphatic rings. The van der Waals surface area contributed by atoms with E-state index in [2.05, 4.69) is 35.0 Å². The Morgan fingerprint density at radius 3 is 2.56 bits per heavy atom. The fourth-order valence-electron chi connectivity index (χ4n) is 4.69. The molecule has 0 radical (unpaired) electrons. The maximum atomic E-state index is 15.5. The molecule has 0 saturated heterocycles. The molecule has 0 unspecified atom stereocenters. The summed E-state index contributed by atoms with van der Waals surface area (Å²) in [5.41, 5.74) is 2.62. The number of pyridine rings is 1. The summed E-state index contributed by atoms with van der Waals surface area (Å²) in [5, 5.41) is 16.9. The first-order valence-electron chi connectivity index (χ1n) is 14.9. The lowest BCUT2D eigenvalue weighted by atomic mass is 10.1. The van der Waals surface area contributed by atoms with Crippen LogP contribution in [0.3, 0.4) is 0 Å². The summed E-state index contributed by atoms with van der Waals surface area (Å²) < 4.78 is 48.8. The number of aliphatic hydroxyl groups is 1. The van der Waals surface area contributed by atoms with E-state index in [1.54, 1.807) is 35.9 Å². The van der Waals surface area contributed by atoms with Crippen molar-refractivity contribution in [3.8, 4) is 5.82 Å². The Kier molecular flexibility index (Phi) is 11.6. The number of rotatable bonds is 8. The van der Waals surface area contributed by atoms with Gasteiger partial charge in [-0.05, 0) is 68.1 Å². The van der Waals surface area contributed by atoms with E-state index in [1.165, 1.54) is 18.5 Å². The summed E-state index contributed by atoms with van der Waals surface area (Å²) in [5.74, 6) is -1.49. The molecule has 6 rings (SSSR count). The molecule has 0 aliphatic carbocycles. The van der Waals surface area contributed by atoms with Gasteiger partial charge in [0.05, 0.1) is 35.4 Å². The normalized spacial score (nSPS) is 12.1. The molecule has 1 aliphatic heterocycles. The van der Waals surface area contributed by atoms with E-state index in [-0.39, 0.29) is 23.9 Å². The Labute approximate surface area is 265 Å². The van der Waals surface area contributed by atoms with E-state index in [1.807, 2.05) is 33.9 Å². The number of halogens is 3. The zero-order valence-corrected chi connectivity index (χ0v) is 26.7. The van der Waals surface area contributed by atoms with Crippen LogP contribution in [0.5, 0.6) is 0 Å². The molecule has 0 amide bonds. The fourth-order valence-corrected chi connectivity index (χ4v) is 5.47. The highest BCUT2D eigenvalue weighted by Gasteiger charge is 2.22. The van der Waals surface area contributed by atoms with Gasteiger partial charge in [-0.15, -0.1) is 0 Å². The summed E-state index contributed by atoms with van der Waals surface area (Å²) in [7, 11) is 0. The largest absolute Gasteiger partial charge is 0.395 e. The van der Waals surface area contributed by atoms with Crippen LogP contribution in [0.4, 0.5) is 36.1 Å². The monoisotopic (exact) mass is 638 g/mol. The van der Waals surface area contributed by atoms with Gasteiger partial charge in [0.15, 0.2) is 17.5 Å². The van der Waals surface area contributed by atoms with Gasteiger partial charge in [0.2, 0.25) is 0 Å². The van der Waals surface area contributed by atoms with E-state index in [0.717, 1.165) is 48.8 Å². The fraction of sp³-hybridized carbons (Fsp3) is 0.312. The lowest BCUT2D eigenvalue weighted by molar-refractivity contribution is 0.301. The van der Waals surface area contributed by atoms with Crippen molar-refractivity contribution >= 4 is 45.9 Å². The van der Waals surface area contributed by atoms with Gasteiger partial charge in [-0.2, -0.15) is 5.10 Å². The van der Waals surface area contributed by atoms with E-state index in [9.17, 15) is 13.9 Å². The third-order valence-electron chi connectivity index (χ3n) is 6.85. The second kappa shape index (κ2) is 15.6. The third-order valence-corrected chi connectivity index (χ3v) is 7.83. The molecular formula is C32H37F3N8OS. The van der Waals surface area contributed by atoms with Crippen LogP contribution >= 0.6 is 11.9 Å². The summed E-state index contributed by atoms with van der Waals surface area (Å²) in [6.45, 7) is 11.0. The van der Waals surface area contributed by atoms with Crippen molar-refractivity contribution in [2.45, 2.75) is 52.4 Å². The number of anilines is 4. The van der Waals surface area contributed by atoms with Gasteiger partial charge in [-0.3, -0.25) is 0 Å². The van der Waals surface area contributed by atoms with Crippen molar-refractivity contribution in [2.24, 2.45) is 0 Å². The van der Waals surface area contributed by atoms with Gasteiger partial charge in [0, 0.05) is 23.5 Å². The summed E-state index contributed by atoms with van der Waals surface area (Å²) in [6.07, 6.45) is 4.89. The van der Waals surface area contributed by atoms with Crippen molar-refractivity contribution in [1.82, 2.24) is 24.7 Å². The Hall–Kier alpha value is -4.36. The van der Waals surface area contributed by atoms with Crippen molar-refractivity contribution in [3.63, 3.8) is 0 Å². The molecule has 0 fully saturated rings. The number of aliphatic hydroxyl groups excluding tert-OH is 1. The zero-order valence-electron chi connectivity index (χ0n) is 25.9. The summed E-state index contributed by atoms with van der Waals surface area (Å²) in [6, 6.07) is 10.5. The topological polar surface area (TPSA) is 104 Å². The van der Waals surface area contributed by atoms with Crippen LogP contribution in [-0.2, 0) is 6.42 Å². The number of aryl methyl sites for hydroxylation is 1. The predicted octanol–water partition coefficient (Wildman–Crippen LogP) is 7.60. The van der Waals surface area contributed by atoms with Gasteiger partial charge < -0.3 is 20.0 Å². The maximum Gasteiger partial charge on any atom is 0.173 e. The van der Waals surface area contributed by atoms with Gasteiger partial charge in [-0.1, -0.05) is 33.8 Å². The molecule has 13 heteroatoms. The number of hydrogen-bond donors (Lipinski definition) is 3. The van der Waals surface area contributed by atoms with E-state index >= 15 is 4.39 Å². The summed E-state index contributed by atoms with van der Waals surface area (Å²) in [4.78, 5) is 15.8. The molecule has 3 aromatic heterocycles. The third kappa shape index (κ3) is 7.31. The number of fused-ring (bicyclic) bond motifs is 2. The first-order chi connectivity index (χ1) is 21.9. The van der Waals surface area contributed by atoms with Crippen LogP contribution in [0.15, 0.2) is 59.9 Å². The average molecular weight is 639 g/mol. The molecule has 9 nitrogen and oxygen atoms in total. The van der Waals surface area contributed by atoms with E-state index in [0.29, 0.717) is 33.9 Å². The minimum Gasteiger partial charge on any atom is -0.395 e. The van der Waals surface area contributed by atoms with Crippen molar-refractivity contribution in [3.05, 3.63) is 83.7 Å². The molecule has 3 N–H and O–H groups in total. The minimum absolute atomic E-state index is 0.00382. The average Bonchev–Trinajstić information content (AvgIpc) is 3.52. The number of nitrogens with zero attached hydrogens (tertiary/aromatic N) is 6. The highest BCUT2D eigenvalue weighted by atomic mass is 32.2. The Balaban J connectivity index is 0.00000111. The first-order valence-corrected chi connectivity index (χ1v) is 15.7. The maximum absolute atomic E-state index is 15.5. The smallest absolute Gasteiger partial charge is 0.173 e. The van der Waals surface area contributed by atoms with Gasteiger partial charge in [-0.25, -0.2) is 32.8 Å². The summed E-state index contributed by atoms with van der Waals surface area (Å²) >= 11 is 1.02. The van der Waals surface area contributed by atoms with Crippen LogP contribution in [0, 0.1) is 24.4 Å². The zero-order chi connectivity index (χ0) is 32.5. The Bertz CT molecular complexity index is 1750. The molecule has 0 spiro atoms. The van der Waals surface area contributed by atoms with Crippen LogP contribution in [0.1, 0.15) is 45.4 Å². The Morgan fingerprint density at radius 1 is 0.978 bits per heavy atom. The molecule has 4 heterocycles. The van der Waals surface area contributed by atoms with Crippen LogP contribution in [0.2, 0.25) is 0 Å².